The van der Waals surface area contributed by atoms with Crippen LogP contribution in [-0.2, 0) is 0 Å². The number of hydrogen-bond donors (Lipinski definition) is 0. The molecule has 32 heavy (non-hydrogen) atoms. The Morgan fingerprint density at radius 1 is 0.375 bits per heavy atom. The standard InChI is InChI=1S/C20H30.2C4H6.2C2H6/c1-13-2-15-3-14(1)8-19(7-13,9-15)20-10-16-4-17(11-20)6-18(5-16)12-20;2*1-3-4-2;2*1-2/h13-18H,1-12H2;2*1-2H3;2*1-2H3. The third-order valence-electron chi connectivity index (χ3n) is 9.70. The van der Waals surface area contributed by atoms with E-state index in [-0.39, 0.29) is 0 Å². The van der Waals surface area contributed by atoms with Gasteiger partial charge in [-0.1, -0.05) is 27.7 Å². The molecular formula is C32H54. The summed E-state index contributed by atoms with van der Waals surface area (Å²) in [4.78, 5) is 0. The van der Waals surface area contributed by atoms with Gasteiger partial charge in [-0.15, -0.1) is 23.7 Å². The third-order valence-corrected chi connectivity index (χ3v) is 9.70. The lowest BCUT2D eigenvalue weighted by Gasteiger charge is -2.70. The Kier molecular flexibility index (Phi) is 10.7. The molecule has 0 aromatic heterocycles. The molecule has 0 heterocycles. The van der Waals surface area contributed by atoms with Gasteiger partial charge >= 0.3 is 0 Å². The van der Waals surface area contributed by atoms with Crippen LogP contribution in [0.5, 0.6) is 0 Å². The summed E-state index contributed by atoms with van der Waals surface area (Å²) >= 11 is 0. The maximum atomic E-state index is 2.68. The van der Waals surface area contributed by atoms with Gasteiger partial charge in [-0.2, -0.15) is 0 Å². The van der Waals surface area contributed by atoms with Crippen molar-refractivity contribution in [3.8, 4) is 23.7 Å². The van der Waals surface area contributed by atoms with Gasteiger partial charge in [0.15, 0.2) is 0 Å². The summed E-state index contributed by atoms with van der Waals surface area (Å²) < 4.78 is 0. The van der Waals surface area contributed by atoms with E-state index < -0.39 is 0 Å². The van der Waals surface area contributed by atoms with E-state index in [0.29, 0.717) is 0 Å². The number of rotatable bonds is 1. The smallest absolute Gasteiger partial charge is 0.00271 e. The normalized spacial score (nSPS) is 42.5. The van der Waals surface area contributed by atoms with Gasteiger partial charge in [0.1, 0.15) is 0 Å². The van der Waals surface area contributed by atoms with Crippen LogP contribution in [0.1, 0.15) is 132 Å². The molecule has 0 radical (unpaired) electrons. The van der Waals surface area contributed by atoms with E-state index in [0.717, 1.165) is 46.3 Å². The predicted molar refractivity (Wildman–Crippen MR) is 142 cm³/mol. The molecule has 0 aromatic carbocycles. The first kappa shape index (κ1) is 27.4. The van der Waals surface area contributed by atoms with Gasteiger partial charge in [-0.25, -0.2) is 0 Å². The fourth-order valence-electron chi connectivity index (χ4n) is 9.52. The average Bonchev–Trinajstić information content (AvgIpc) is 2.80. The van der Waals surface area contributed by atoms with Gasteiger partial charge in [-0.05, 0) is 151 Å². The van der Waals surface area contributed by atoms with Crippen LogP contribution in [-0.4, -0.2) is 0 Å². The molecule has 0 N–H and O–H groups in total. The zero-order valence-corrected chi connectivity index (χ0v) is 22.9. The van der Waals surface area contributed by atoms with E-state index >= 15 is 0 Å². The molecule has 8 bridgehead atoms. The van der Waals surface area contributed by atoms with Gasteiger partial charge in [-0.3, -0.25) is 0 Å². The molecule has 0 unspecified atom stereocenters. The molecule has 8 aliphatic rings. The molecule has 0 nitrogen and oxygen atoms in total. The minimum atomic E-state index is 0.859. The summed E-state index contributed by atoms with van der Waals surface area (Å²) in [7, 11) is 0. The molecule has 0 atom stereocenters. The van der Waals surface area contributed by atoms with Gasteiger partial charge in [0.05, 0.1) is 0 Å². The predicted octanol–water partition coefficient (Wildman–Crippen LogP) is 9.53. The monoisotopic (exact) mass is 438 g/mol. The van der Waals surface area contributed by atoms with Crippen molar-refractivity contribution in [2.75, 3.05) is 0 Å². The lowest BCUT2D eigenvalue weighted by atomic mass is 9.35. The molecule has 182 valence electrons. The van der Waals surface area contributed by atoms with Crippen LogP contribution in [0.25, 0.3) is 0 Å². The fraction of sp³-hybridized carbons (Fsp3) is 0.875. The van der Waals surface area contributed by atoms with Crippen molar-refractivity contribution in [3.05, 3.63) is 0 Å². The zero-order chi connectivity index (χ0) is 23.8. The molecule has 8 aliphatic carbocycles. The van der Waals surface area contributed by atoms with E-state index in [1.54, 1.807) is 77.0 Å². The molecule has 8 fully saturated rings. The van der Waals surface area contributed by atoms with Crippen LogP contribution in [0.15, 0.2) is 0 Å². The van der Waals surface area contributed by atoms with E-state index in [1.165, 1.54) is 0 Å². The SMILES string of the molecule is C1C2CC3CC1CC(C14CC5CC(CC(C5)C1)C4)(C2)C3.CC.CC.CC#CC.CC#CC. The molecule has 0 amide bonds. The Hall–Kier alpha value is -0.880. The first-order valence-electron chi connectivity index (χ1n) is 14.2. The largest absolute Gasteiger partial charge is 0.107 e. The van der Waals surface area contributed by atoms with Gasteiger partial charge < -0.3 is 0 Å². The van der Waals surface area contributed by atoms with Crippen molar-refractivity contribution in [2.24, 2.45) is 46.3 Å². The van der Waals surface area contributed by atoms with Crippen LogP contribution in [0.4, 0.5) is 0 Å². The molecule has 0 spiro atoms. The number of hydrogen-bond acceptors (Lipinski definition) is 0. The highest BCUT2D eigenvalue weighted by molar-refractivity contribution is 5.14. The van der Waals surface area contributed by atoms with Gasteiger partial charge in [0.2, 0.25) is 0 Å². The van der Waals surface area contributed by atoms with E-state index in [2.05, 4.69) is 23.7 Å². The maximum absolute atomic E-state index is 2.68. The highest BCUT2D eigenvalue weighted by Gasteiger charge is 2.64. The first-order chi connectivity index (χ1) is 15.5. The van der Waals surface area contributed by atoms with Crippen molar-refractivity contribution in [2.45, 2.75) is 132 Å². The van der Waals surface area contributed by atoms with Crippen LogP contribution in [0, 0.1) is 70.0 Å². The Bertz CT molecular complexity index is 530. The van der Waals surface area contributed by atoms with Crippen molar-refractivity contribution in [1.29, 1.82) is 0 Å². The lowest BCUT2D eigenvalue weighted by Crippen LogP contribution is -2.60. The lowest BCUT2D eigenvalue weighted by molar-refractivity contribution is -0.199. The molecule has 0 aromatic rings. The Morgan fingerprint density at radius 3 is 0.656 bits per heavy atom. The Labute approximate surface area is 202 Å². The topological polar surface area (TPSA) is 0 Å². The highest BCUT2D eigenvalue weighted by Crippen LogP contribution is 2.74. The zero-order valence-electron chi connectivity index (χ0n) is 22.9. The van der Waals surface area contributed by atoms with Crippen molar-refractivity contribution in [3.63, 3.8) is 0 Å². The Balaban J connectivity index is 0.000000260. The second kappa shape index (κ2) is 12.5. The quantitative estimate of drug-likeness (QED) is 0.357. The van der Waals surface area contributed by atoms with Crippen molar-refractivity contribution >= 4 is 0 Å². The van der Waals surface area contributed by atoms with Crippen LogP contribution >= 0.6 is 0 Å². The minimum Gasteiger partial charge on any atom is -0.107 e. The van der Waals surface area contributed by atoms with Crippen molar-refractivity contribution in [1.82, 2.24) is 0 Å². The third kappa shape index (κ3) is 5.60. The summed E-state index contributed by atoms with van der Waals surface area (Å²) in [6.07, 6.45) is 19.8. The van der Waals surface area contributed by atoms with Crippen molar-refractivity contribution < 1.29 is 0 Å². The molecule has 0 aliphatic heterocycles. The molecule has 8 saturated carbocycles. The molecule has 0 heteroatoms. The Morgan fingerprint density at radius 2 is 0.531 bits per heavy atom. The molecular weight excluding hydrogens is 384 g/mol. The summed E-state index contributed by atoms with van der Waals surface area (Å²) in [5, 5.41) is 0. The highest BCUT2D eigenvalue weighted by atomic mass is 14.7. The maximum Gasteiger partial charge on any atom is -0.00271 e. The minimum absolute atomic E-state index is 0.859. The van der Waals surface area contributed by atoms with E-state index in [1.807, 2.05) is 55.4 Å². The summed E-state index contributed by atoms with van der Waals surface area (Å²) in [5.41, 5.74) is 1.72. The summed E-state index contributed by atoms with van der Waals surface area (Å²) in [5.74, 6) is 17.7. The molecule has 8 rings (SSSR count). The van der Waals surface area contributed by atoms with Crippen LogP contribution < -0.4 is 0 Å². The summed E-state index contributed by atoms with van der Waals surface area (Å²) in [6.45, 7) is 15.3. The molecule has 0 saturated heterocycles. The second-order valence-electron chi connectivity index (χ2n) is 11.4. The summed E-state index contributed by atoms with van der Waals surface area (Å²) in [6, 6.07) is 0. The fourth-order valence-corrected chi connectivity index (χ4v) is 9.52. The average molecular weight is 439 g/mol. The van der Waals surface area contributed by atoms with Gasteiger partial charge in [0.25, 0.3) is 0 Å². The van der Waals surface area contributed by atoms with E-state index in [9.17, 15) is 0 Å². The first-order valence-corrected chi connectivity index (χ1v) is 14.2. The van der Waals surface area contributed by atoms with E-state index in [4.69, 9.17) is 0 Å². The van der Waals surface area contributed by atoms with Crippen LogP contribution in [0.3, 0.4) is 0 Å². The second-order valence-corrected chi connectivity index (χ2v) is 11.4. The van der Waals surface area contributed by atoms with Crippen LogP contribution in [0.2, 0.25) is 0 Å². The van der Waals surface area contributed by atoms with Gasteiger partial charge in [0, 0.05) is 0 Å².